The molecule has 0 unspecified atom stereocenters. The largest absolute Gasteiger partial charge is 0.497 e. The van der Waals surface area contributed by atoms with E-state index in [2.05, 4.69) is 73.8 Å². The highest BCUT2D eigenvalue weighted by molar-refractivity contribution is 7.00. The van der Waals surface area contributed by atoms with Crippen molar-refractivity contribution >= 4 is 122 Å². The van der Waals surface area contributed by atoms with Gasteiger partial charge in [-0.1, -0.05) is 18.2 Å². The Kier molecular flexibility index (Phi) is 18.5. The Morgan fingerprint density at radius 1 is 0.493 bits per heavy atom. The molecule has 0 aliphatic rings. The van der Waals surface area contributed by atoms with E-state index in [4.69, 9.17) is 18.9 Å². The van der Waals surface area contributed by atoms with Gasteiger partial charge in [-0.25, -0.2) is 30.7 Å². The van der Waals surface area contributed by atoms with Crippen molar-refractivity contribution in [2.45, 2.75) is 6.61 Å². The number of nitrogens with zero attached hydrogens (tertiary/aromatic N) is 9. The van der Waals surface area contributed by atoms with Gasteiger partial charge >= 0.3 is 18.1 Å². The van der Waals surface area contributed by atoms with Crippen LogP contribution in [0.3, 0.4) is 0 Å². The highest BCUT2D eigenvalue weighted by Gasteiger charge is 2.11. The van der Waals surface area contributed by atoms with Crippen LogP contribution in [0.15, 0.2) is 131 Å². The van der Waals surface area contributed by atoms with Gasteiger partial charge in [-0.3, -0.25) is 0 Å². The summed E-state index contributed by atoms with van der Waals surface area (Å²) >= 11 is 3.27. The van der Waals surface area contributed by atoms with Crippen molar-refractivity contribution in [2.75, 3.05) is 44.4 Å². The molecule has 9 rings (SSSR count). The summed E-state index contributed by atoms with van der Waals surface area (Å²) in [5.41, 5.74) is 16.0. The second-order valence-corrected chi connectivity index (χ2v) is 16.0. The van der Waals surface area contributed by atoms with E-state index in [1.165, 1.54) is 12.4 Å². The minimum absolute atomic E-state index is 0.163. The number of ether oxygens (including phenoxy) is 4. The third-order valence-electron chi connectivity index (χ3n) is 9.78. The number of amides is 6. The number of carbonyl (C=O) groups excluding carboxylic acids is 3. The van der Waals surface area contributed by atoms with Crippen molar-refractivity contribution in [1.29, 1.82) is 0 Å². The number of hydrogen-bond acceptors (Lipinski definition) is 20. The SMILES string of the molecule is COc1ccc(/C=N/NC(=O)Nc2cccc3nsnc23)c(CO)c1.COc1ccc(/C=N/NC(=O)Nc2cccc3nsnc23)cc1.COc1ccc(/C=N/NC(=O)Nc2cccc3nsnc23)cc1OC. The van der Waals surface area contributed by atoms with Gasteiger partial charge in [0.15, 0.2) is 11.5 Å². The van der Waals surface area contributed by atoms with E-state index in [1.807, 2.05) is 42.5 Å². The standard InChI is InChI=1S/2C16H15N5O3S.C15H13N5O2S/c1-23-13-7-6-10(8-14(13)24-2)9-17-19-16(22)18-11-4-3-5-12-15(11)21-25-20-12;1-24-12-6-5-10(11(7-12)9-22)8-17-19-16(23)18-13-3-2-4-14-15(13)21-25-20-14;1-22-11-7-5-10(6-8-11)9-16-18-15(21)17-12-3-2-4-13-14(12)20-23-19-13/h3-9H,1-2H3,(H2,18,19,22);2-8,22H,9H2,1H3,(H2,18,19,23);2-9H,1H3,(H2,17,18,21)/b17-9+;17-8+;16-9+. The Labute approximate surface area is 428 Å². The summed E-state index contributed by atoms with van der Waals surface area (Å²) in [5, 5.41) is 29.2. The average Bonchev–Trinajstić information content (AvgIpc) is 4.23. The lowest BCUT2D eigenvalue weighted by Gasteiger charge is -2.07. The van der Waals surface area contributed by atoms with Gasteiger partial charge < -0.3 is 40.0 Å². The number of rotatable bonds is 14. The number of aliphatic hydroxyl groups excluding tert-OH is 1. The summed E-state index contributed by atoms with van der Waals surface area (Å²) in [7, 11) is 6.27. The van der Waals surface area contributed by atoms with Crippen LogP contribution in [0.2, 0.25) is 0 Å². The molecule has 23 nitrogen and oxygen atoms in total. The number of aliphatic hydroxyl groups is 1. The molecule has 6 aromatic carbocycles. The van der Waals surface area contributed by atoms with Gasteiger partial charge in [-0.2, -0.15) is 41.5 Å². The molecule has 0 radical (unpaired) electrons. The van der Waals surface area contributed by atoms with Gasteiger partial charge in [0.1, 0.15) is 44.6 Å². The number of methoxy groups -OCH3 is 4. The molecule has 73 heavy (non-hydrogen) atoms. The monoisotopic (exact) mass is 1040 g/mol. The number of aromatic nitrogens is 6. The van der Waals surface area contributed by atoms with Crippen molar-refractivity contribution in [3.8, 4) is 23.0 Å². The van der Waals surface area contributed by atoms with E-state index >= 15 is 0 Å². The molecule has 0 saturated heterocycles. The van der Waals surface area contributed by atoms with Crippen LogP contribution < -0.4 is 51.2 Å². The summed E-state index contributed by atoms with van der Waals surface area (Å²) < 4.78 is 45.4. The molecule has 0 saturated carbocycles. The van der Waals surface area contributed by atoms with E-state index in [1.54, 1.807) is 107 Å². The normalized spacial score (nSPS) is 10.9. The topological polar surface area (TPSA) is 295 Å². The van der Waals surface area contributed by atoms with Gasteiger partial charge in [0.05, 0.1) is 106 Å². The third kappa shape index (κ3) is 14.4. The highest BCUT2D eigenvalue weighted by Crippen LogP contribution is 2.27. The molecule has 0 atom stereocenters. The zero-order valence-electron chi connectivity index (χ0n) is 39.0. The minimum Gasteiger partial charge on any atom is -0.497 e. The van der Waals surface area contributed by atoms with Crippen molar-refractivity contribution < 1.29 is 38.4 Å². The molecule has 0 aliphatic heterocycles. The summed E-state index contributed by atoms with van der Waals surface area (Å²) in [6.45, 7) is -0.163. The Bertz CT molecular complexity index is 3400. The lowest BCUT2D eigenvalue weighted by Crippen LogP contribution is -2.24. The van der Waals surface area contributed by atoms with Crippen LogP contribution in [0.4, 0.5) is 31.4 Å². The number of hydrogen-bond donors (Lipinski definition) is 7. The van der Waals surface area contributed by atoms with Gasteiger partial charge in [0.25, 0.3) is 0 Å². The molecular weight excluding hydrogens is 999 g/mol. The molecule has 7 N–H and O–H groups in total. The van der Waals surface area contributed by atoms with Crippen LogP contribution in [-0.4, -0.2) is 96.5 Å². The summed E-state index contributed by atoms with van der Waals surface area (Å²) in [5.74, 6) is 2.60. The number of urea groups is 3. The Morgan fingerprint density at radius 2 is 0.932 bits per heavy atom. The number of benzene rings is 6. The Hall–Kier alpha value is -9.24. The van der Waals surface area contributed by atoms with E-state index in [0.29, 0.717) is 62.0 Å². The highest BCUT2D eigenvalue weighted by atomic mass is 32.1. The zero-order valence-corrected chi connectivity index (χ0v) is 41.4. The number of hydrazone groups is 3. The lowest BCUT2D eigenvalue weighted by molar-refractivity contribution is 0.252. The fourth-order valence-electron chi connectivity index (χ4n) is 6.26. The first-order valence-electron chi connectivity index (χ1n) is 21.3. The van der Waals surface area contributed by atoms with Gasteiger partial charge in [-0.15, -0.1) is 0 Å². The van der Waals surface area contributed by atoms with Crippen LogP contribution in [0, 0.1) is 0 Å². The number of fused-ring (bicyclic) bond motifs is 3. The number of nitrogens with one attached hydrogen (secondary N) is 6. The fraction of sp³-hybridized carbons (Fsp3) is 0.106. The Balaban J connectivity index is 0.000000160. The molecule has 9 aromatic rings. The maximum atomic E-state index is 12.0. The summed E-state index contributed by atoms with van der Waals surface area (Å²) in [4.78, 5) is 35.8. The summed E-state index contributed by atoms with van der Waals surface area (Å²) in [6.07, 6.45) is 4.51. The molecule has 0 fully saturated rings. The van der Waals surface area contributed by atoms with Crippen LogP contribution in [0.5, 0.6) is 23.0 Å². The smallest absolute Gasteiger partial charge is 0.339 e. The predicted octanol–water partition coefficient (Wildman–Crippen LogP) is 8.07. The van der Waals surface area contributed by atoms with Crippen molar-refractivity contribution in [3.05, 3.63) is 138 Å². The maximum Gasteiger partial charge on any atom is 0.339 e. The molecular formula is C47H43N15O8S3. The molecule has 0 aliphatic carbocycles. The second kappa shape index (κ2) is 26.1. The maximum absolute atomic E-state index is 12.0. The zero-order chi connectivity index (χ0) is 51.4. The first-order valence-corrected chi connectivity index (χ1v) is 23.5. The quantitative estimate of drug-likeness (QED) is 0.0400. The first kappa shape index (κ1) is 51.6. The Morgan fingerprint density at radius 3 is 1.38 bits per heavy atom. The van der Waals surface area contributed by atoms with E-state index in [9.17, 15) is 19.5 Å². The van der Waals surface area contributed by atoms with Gasteiger partial charge in [0.2, 0.25) is 0 Å². The van der Waals surface area contributed by atoms with Crippen LogP contribution in [0.1, 0.15) is 22.3 Å². The molecule has 3 aromatic heterocycles. The van der Waals surface area contributed by atoms with E-state index in [0.717, 1.165) is 68.6 Å². The molecule has 26 heteroatoms. The number of anilines is 3. The second-order valence-electron chi connectivity index (χ2n) is 14.4. The van der Waals surface area contributed by atoms with Crippen LogP contribution in [0.25, 0.3) is 33.1 Å². The summed E-state index contributed by atoms with van der Waals surface area (Å²) in [6, 6.07) is 32.5. The van der Waals surface area contributed by atoms with Crippen molar-refractivity contribution in [3.63, 3.8) is 0 Å². The van der Waals surface area contributed by atoms with E-state index in [-0.39, 0.29) is 6.61 Å². The average molecular weight is 1040 g/mol. The minimum atomic E-state index is -0.504. The van der Waals surface area contributed by atoms with Crippen molar-refractivity contribution in [1.82, 2.24) is 42.5 Å². The van der Waals surface area contributed by atoms with Gasteiger partial charge in [-0.05, 0) is 114 Å². The number of carbonyl (C=O) groups is 3. The van der Waals surface area contributed by atoms with Gasteiger partial charge in [0, 0.05) is 5.56 Å². The molecule has 372 valence electrons. The van der Waals surface area contributed by atoms with Crippen molar-refractivity contribution in [2.24, 2.45) is 15.3 Å². The molecule has 6 amide bonds. The molecule has 0 spiro atoms. The first-order chi connectivity index (χ1) is 35.7. The van der Waals surface area contributed by atoms with Crippen LogP contribution in [-0.2, 0) is 6.61 Å². The fourth-order valence-corrected chi connectivity index (χ4v) is 7.91. The van der Waals surface area contributed by atoms with Crippen LogP contribution >= 0.6 is 35.2 Å². The lowest BCUT2D eigenvalue weighted by atomic mass is 10.1. The predicted molar refractivity (Wildman–Crippen MR) is 283 cm³/mol. The third-order valence-corrected chi connectivity index (χ3v) is 11.4. The molecule has 3 heterocycles. The molecule has 0 bridgehead atoms. The van der Waals surface area contributed by atoms with E-state index < -0.39 is 18.1 Å².